The molecular formula is C27H34F3N5O7. The van der Waals surface area contributed by atoms with Gasteiger partial charge in [0.25, 0.3) is 5.91 Å². The molecule has 4 aliphatic rings. The van der Waals surface area contributed by atoms with Crippen molar-refractivity contribution < 1.29 is 47.4 Å². The van der Waals surface area contributed by atoms with E-state index >= 15 is 0 Å². The predicted octanol–water partition coefficient (Wildman–Crippen LogP) is -0.653. The number of hydrogen-bond donors (Lipinski definition) is 7. The van der Waals surface area contributed by atoms with Gasteiger partial charge in [0.1, 0.15) is 0 Å². The maximum Gasteiger partial charge on any atom is 0.490 e. The smallest absolute Gasteiger partial charge is 0.475 e. The lowest BCUT2D eigenvalue weighted by molar-refractivity contribution is -0.192. The van der Waals surface area contributed by atoms with E-state index in [0.29, 0.717) is 38.9 Å². The average Bonchev–Trinajstić information content (AvgIpc) is 3.51. The van der Waals surface area contributed by atoms with Gasteiger partial charge in [-0.15, -0.1) is 0 Å². The summed E-state index contributed by atoms with van der Waals surface area (Å²) in [6.07, 6.45) is -3.54. The highest BCUT2D eigenvalue weighted by Gasteiger charge is 2.50. The van der Waals surface area contributed by atoms with Gasteiger partial charge in [-0.05, 0) is 43.2 Å². The summed E-state index contributed by atoms with van der Waals surface area (Å²) in [5, 5.41) is 32.9. The van der Waals surface area contributed by atoms with Crippen molar-refractivity contribution in [2.75, 3.05) is 13.1 Å². The monoisotopic (exact) mass is 597 g/mol. The topological polar surface area (TPSA) is 186 Å². The minimum atomic E-state index is -5.08. The molecule has 1 saturated carbocycles. The molecule has 1 aromatic rings. The molecule has 3 heterocycles. The van der Waals surface area contributed by atoms with E-state index in [-0.39, 0.29) is 23.8 Å². The second-order valence-corrected chi connectivity index (χ2v) is 10.9. The molecule has 7 N–H and O–H groups in total. The molecule has 2 saturated heterocycles. The second kappa shape index (κ2) is 13.1. The number of hydrogen-bond acceptors (Lipinski definition) is 7. The fourth-order valence-electron chi connectivity index (χ4n) is 5.71. The van der Waals surface area contributed by atoms with Crippen molar-refractivity contribution in [1.82, 2.24) is 26.6 Å². The van der Waals surface area contributed by atoms with Crippen molar-refractivity contribution in [2.45, 2.75) is 69.1 Å². The summed E-state index contributed by atoms with van der Waals surface area (Å²) >= 11 is 0. The normalized spacial score (nSPS) is 24.8. The highest BCUT2D eigenvalue weighted by Crippen LogP contribution is 2.36. The van der Waals surface area contributed by atoms with Crippen LogP contribution in [-0.4, -0.2) is 83.3 Å². The Morgan fingerprint density at radius 1 is 0.929 bits per heavy atom. The molecule has 0 radical (unpaired) electrons. The summed E-state index contributed by atoms with van der Waals surface area (Å²) in [7, 11) is 0. The molecular weight excluding hydrogens is 563 g/mol. The minimum absolute atomic E-state index is 0.0213. The fraction of sp³-hybridized carbons (Fsp3) is 0.593. The van der Waals surface area contributed by atoms with Crippen molar-refractivity contribution in [3.63, 3.8) is 0 Å². The Hall–Kier alpha value is -3.72. The number of aliphatic hydroxyl groups excluding tert-OH is 1. The number of carbonyl (C=O) groups is 5. The Bertz CT molecular complexity index is 1180. The number of amides is 4. The Labute approximate surface area is 239 Å². The number of nitrogens with one attached hydrogen (secondary N) is 5. The third-order valence-electron chi connectivity index (χ3n) is 8.01. The predicted molar refractivity (Wildman–Crippen MR) is 139 cm³/mol. The van der Waals surface area contributed by atoms with Crippen LogP contribution in [0, 0.1) is 17.8 Å². The molecule has 0 bridgehead atoms. The van der Waals surface area contributed by atoms with E-state index in [0.717, 1.165) is 24.0 Å². The third-order valence-corrected chi connectivity index (χ3v) is 8.01. The maximum atomic E-state index is 13.5. The molecule has 15 heteroatoms. The van der Waals surface area contributed by atoms with E-state index in [1.807, 2.05) is 24.3 Å². The fourth-order valence-corrected chi connectivity index (χ4v) is 5.71. The number of carbonyl (C=O) groups excluding carboxylic acids is 4. The standard InChI is InChI=1S/C25H33N5O5.C2HF3O2/c31-21(25(35)29-15-5-6-15)20(19(16-7-9-26-22(16)32)17-8-10-27-23(17)33)30-24(34)18-11-13-3-1-2-4-14(13)12-28-18;3-2(4,5)1(6)7/h1-4,15-21,28,31H,5-12H2,(H,26,32)(H,27,33)(H,29,35)(H,30,34);(H,6,7)/t16-,17-,18-,20-,21?;/m0./s1. The first-order valence-corrected chi connectivity index (χ1v) is 13.8. The SMILES string of the molecule is O=C(NC1CC1)C(O)[C@@H](NC(=O)[C@@H]1Cc2ccccc2CN1)C([C@@H]1CCNC1=O)[C@@H]1CCNC1=O.O=C(O)C(F)(F)F. The molecule has 230 valence electrons. The molecule has 1 aliphatic carbocycles. The summed E-state index contributed by atoms with van der Waals surface area (Å²) in [6.45, 7) is 1.45. The number of halogens is 3. The molecule has 42 heavy (non-hydrogen) atoms. The molecule has 5 atom stereocenters. The highest BCUT2D eigenvalue weighted by molar-refractivity contribution is 5.88. The zero-order chi connectivity index (χ0) is 30.6. The lowest BCUT2D eigenvalue weighted by Crippen LogP contribution is -2.61. The van der Waals surface area contributed by atoms with Gasteiger partial charge < -0.3 is 36.8 Å². The molecule has 12 nitrogen and oxygen atoms in total. The van der Waals surface area contributed by atoms with Crippen LogP contribution in [0.3, 0.4) is 0 Å². The van der Waals surface area contributed by atoms with Gasteiger partial charge in [0.15, 0.2) is 6.10 Å². The first-order chi connectivity index (χ1) is 19.9. The maximum absolute atomic E-state index is 13.5. The van der Waals surface area contributed by atoms with Gasteiger partial charge in [-0.3, -0.25) is 19.2 Å². The van der Waals surface area contributed by atoms with Gasteiger partial charge in [0.2, 0.25) is 17.7 Å². The average molecular weight is 598 g/mol. The van der Waals surface area contributed by atoms with Gasteiger partial charge in [0.05, 0.1) is 12.1 Å². The van der Waals surface area contributed by atoms with E-state index in [2.05, 4.69) is 26.6 Å². The zero-order valence-corrected chi connectivity index (χ0v) is 22.6. The Balaban J connectivity index is 0.000000517. The van der Waals surface area contributed by atoms with Gasteiger partial charge >= 0.3 is 12.1 Å². The van der Waals surface area contributed by atoms with Crippen LogP contribution < -0.4 is 26.6 Å². The Morgan fingerprint density at radius 3 is 1.95 bits per heavy atom. The Kier molecular flexibility index (Phi) is 9.71. The van der Waals surface area contributed by atoms with Crippen LogP contribution in [-0.2, 0) is 36.9 Å². The summed E-state index contributed by atoms with van der Waals surface area (Å²) in [5.74, 6) is -6.00. The van der Waals surface area contributed by atoms with E-state index in [4.69, 9.17) is 9.90 Å². The molecule has 1 unspecified atom stereocenters. The van der Waals surface area contributed by atoms with Gasteiger partial charge in [0, 0.05) is 43.4 Å². The number of rotatable bonds is 8. The lowest BCUT2D eigenvalue weighted by atomic mass is 9.73. The first-order valence-electron chi connectivity index (χ1n) is 13.8. The van der Waals surface area contributed by atoms with Crippen LogP contribution in [0.15, 0.2) is 24.3 Å². The van der Waals surface area contributed by atoms with Crippen LogP contribution in [0.25, 0.3) is 0 Å². The van der Waals surface area contributed by atoms with Crippen LogP contribution in [0.4, 0.5) is 13.2 Å². The zero-order valence-electron chi connectivity index (χ0n) is 22.6. The summed E-state index contributed by atoms with van der Waals surface area (Å²) in [5.41, 5.74) is 2.19. The molecule has 4 amide bonds. The Morgan fingerprint density at radius 2 is 1.48 bits per heavy atom. The number of carboxylic acids is 1. The summed E-state index contributed by atoms with van der Waals surface area (Å²) in [4.78, 5) is 60.8. The van der Waals surface area contributed by atoms with Crippen LogP contribution in [0.1, 0.15) is 36.8 Å². The van der Waals surface area contributed by atoms with Crippen LogP contribution in [0.5, 0.6) is 0 Å². The molecule has 0 aromatic heterocycles. The van der Waals surface area contributed by atoms with Crippen molar-refractivity contribution in [3.05, 3.63) is 35.4 Å². The number of carboxylic acid groups (broad SMARTS) is 1. The number of aliphatic carboxylic acids is 1. The molecule has 5 rings (SSSR count). The van der Waals surface area contributed by atoms with E-state index in [1.54, 1.807) is 0 Å². The van der Waals surface area contributed by atoms with E-state index in [1.165, 1.54) is 0 Å². The van der Waals surface area contributed by atoms with Crippen LogP contribution in [0.2, 0.25) is 0 Å². The third kappa shape index (κ3) is 7.56. The summed E-state index contributed by atoms with van der Waals surface area (Å²) < 4.78 is 31.7. The minimum Gasteiger partial charge on any atom is -0.475 e. The first kappa shape index (κ1) is 31.2. The van der Waals surface area contributed by atoms with Crippen molar-refractivity contribution in [1.29, 1.82) is 0 Å². The summed E-state index contributed by atoms with van der Waals surface area (Å²) in [6, 6.07) is 6.27. The van der Waals surface area contributed by atoms with Crippen molar-refractivity contribution >= 4 is 29.6 Å². The van der Waals surface area contributed by atoms with E-state index in [9.17, 15) is 37.5 Å². The molecule has 0 spiro atoms. The number of fused-ring (bicyclic) bond motifs is 1. The largest absolute Gasteiger partial charge is 0.490 e. The lowest BCUT2D eigenvalue weighted by Gasteiger charge is -2.37. The van der Waals surface area contributed by atoms with Gasteiger partial charge in [-0.1, -0.05) is 24.3 Å². The number of aliphatic hydroxyl groups is 1. The number of benzene rings is 1. The van der Waals surface area contributed by atoms with Crippen molar-refractivity contribution in [3.8, 4) is 0 Å². The second-order valence-electron chi connectivity index (χ2n) is 10.9. The quantitative estimate of drug-likeness (QED) is 0.206. The highest BCUT2D eigenvalue weighted by atomic mass is 19.4. The molecule has 1 aromatic carbocycles. The molecule has 3 fully saturated rings. The molecule has 3 aliphatic heterocycles. The number of alkyl halides is 3. The van der Waals surface area contributed by atoms with E-state index < -0.39 is 54.0 Å². The van der Waals surface area contributed by atoms with Gasteiger partial charge in [-0.25, -0.2) is 4.79 Å². The van der Waals surface area contributed by atoms with Gasteiger partial charge in [-0.2, -0.15) is 13.2 Å². The van der Waals surface area contributed by atoms with Crippen LogP contribution >= 0.6 is 0 Å². The van der Waals surface area contributed by atoms with Crippen molar-refractivity contribution in [2.24, 2.45) is 17.8 Å².